The van der Waals surface area contributed by atoms with Crippen LogP contribution < -0.4 is 14.2 Å². The Morgan fingerprint density at radius 1 is 0.806 bits per heavy atom. The van der Waals surface area contributed by atoms with E-state index >= 15 is 0 Å². The smallest absolute Gasteiger partial charge is 0.194 e. The molecule has 0 heterocycles. The summed E-state index contributed by atoms with van der Waals surface area (Å²) in [6.45, 7) is 0. The second-order valence-electron chi connectivity index (χ2n) is 6.52. The lowest BCUT2D eigenvalue weighted by molar-refractivity contribution is 0.105. The molecule has 0 spiro atoms. The van der Waals surface area contributed by atoms with Gasteiger partial charge in [0.2, 0.25) is 0 Å². The summed E-state index contributed by atoms with van der Waals surface area (Å²) in [5.74, 6) is 1.81. The zero-order valence-corrected chi connectivity index (χ0v) is 20.2. The third-order valence-corrected chi connectivity index (χ3v) is 6.29. The summed E-state index contributed by atoms with van der Waals surface area (Å²) in [7, 11) is 4.79. The largest absolute Gasteiger partial charge is 0.497 e. The van der Waals surface area contributed by atoms with Crippen LogP contribution in [0, 0.1) is 0 Å². The predicted octanol–water partition coefficient (Wildman–Crippen LogP) is 6.59. The second kappa shape index (κ2) is 10.6. The Morgan fingerprint density at radius 2 is 1.42 bits per heavy atom. The quantitative estimate of drug-likeness (QED) is 0.199. The van der Waals surface area contributed by atoms with Crippen molar-refractivity contribution in [2.75, 3.05) is 27.6 Å². The van der Waals surface area contributed by atoms with Gasteiger partial charge in [0.25, 0.3) is 0 Å². The molecule has 0 atom stereocenters. The summed E-state index contributed by atoms with van der Waals surface area (Å²) in [4.78, 5) is 14.6. The molecular weight excluding hydrogens is 476 g/mol. The van der Waals surface area contributed by atoms with E-state index in [4.69, 9.17) is 14.2 Å². The number of benzene rings is 3. The molecule has 0 aliphatic carbocycles. The van der Waals surface area contributed by atoms with Gasteiger partial charge in [-0.05, 0) is 36.1 Å². The van der Waals surface area contributed by atoms with Gasteiger partial charge >= 0.3 is 0 Å². The Bertz CT molecular complexity index is 1090. The fourth-order valence-corrected chi connectivity index (χ4v) is 4.53. The highest BCUT2D eigenvalue weighted by Crippen LogP contribution is 2.43. The van der Waals surface area contributed by atoms with Crippen LogP contribution >= 0.6 is 27.7 Å². The number of carbonyl (C=O) groups is 1. The molecule has 0 aromatic heterocycles. The number of methoxy groups -OCH3 is 3. The number of hydrogen-bond acceptors (Lipinski definition) is 5. The summed E-state index contributed by atoms with van der Waals surface area (Å²) in [6.07, 6.45) is 1.96. The van der Waals surface area contributed by atoms with Crippen LogP contribution in [0.3, 0.4) is 0 Å². The Morgan fingerprint density at radius 3 is 1.97 bits per heavy atom. The molecule has 6 heteroatoms. The molecular formula is C25H23BrO4S. The molecule has 0 bridgehead atoms. The zero-order valence-electron chi connectivity index (χ0n) is 17.8. The van der Waals surface area contributed by atoms with Crippen LogP contribution in [0.4, 0.5) is 0 Å². The van der Waals surface area contributed by atoms with Gasteiger partial charge in [-0.1, -0.05) is 58.4 Å². The number of ketones is 1. The topological polar surface area (TPSA) is 44.8 Å². The van der Waals surface area contributed by atoms with Crippen LogP contribution in [0.2, 0.25) is 0 Å². The van der Waals surface area contributed by atoms with Crippen molar-refractivity contribution >= 4 is 44.0 Å². The van der Waals surface area contributed by atoms with Gasteiger partial charge in [0.05, 0.1) is 21.3 Å². The number of halogens is 1. The van der Waals surface area contributed by atoms with E-state index in [-0.39, 0.29) is 5.78 Å². The fraction of sp³-hybridized carbons (Fsp3) is 0.160. The van der Waals surface area contributed by atoms with Gasteiger partial charge in [-0.2, -0.15) is 0 Å². The van der Waals surface area contributed by atoms with E-state index in [2.05, 4.69) is 15.9 Å². The van der Waals surface area contributed by atoms with E-state index in [0.29, 0.717) is 22.6 Å². The highest BCUT2D eigenvalue weighted by molar-refractivity contribution is 9.10. The van der Waals surface area contributed by atoms with Crippen LogP contribution in [-0.4, -0.2) is 33.4 Å². The van der Waals surface area contributed by atoms with Crippen molar-refractivity contribution in [2.24, 2.45) is 0 Å². The molecule has 0 aliphatic rings. The highest BCUT2D eigenvalue weighted by atomic mass is 79.9. The van der Waals surface area contributed by atoms with Crippen molar-refractivity contribution in [2.45, 2.75) is 0 Å². The summed E-state index contributed by atoms with van der Waals surface area (Å²) in [6, 6.07) is 20.6. The van der Waals surface area contributed by atoms with E-state index in [1.54, 1.807) is 21.3 Å². The summed E-state index contributed by atoms with van der Waals surface area (Å²) in [5.41, 5.74) is 2.84. The van der Waals surface area contributed by atoms with Gasteiger partial charge in [0.1, 0.15) is 5.75 Å². The summed E-state index contributed by atoms with van der Waals surface area (Å²) in [5, 5.41) is 0. The zero-order chi connectivity index (χ0) is 22.4. The Kier molecular flexibility index (Phi) is 7.82. The number of thioether (sulfide) groups is 1. The van der Waals surface area contributed by atoms with Crippen molar-refractivity contribution < 1.29 is 19.0 Å². The number of rotatable bonds is 8. The molecule has 0 radical (unpaired) electrons. The molecule has 3 aromatic rings. The van der Waals surface area contributed by atoms with Gasteiger partial charge in [-0.25, -0.2) is 0 Å². The number of carbonyl (C=O) groups excluding carboxylic acids is 1. The standard InChI is InChI=1S/C25H23BrO4S/c1-28-18-12-10-17(11-13-18)25(31-4)23(24(27)16-8-6-5-7-9-16)19-14-21(29-2)22(30-3)15-20(19)26/h5-15H,1-4H3/b25-23+. The third-order valence-electron chi connectivity index (χ3n) is 4.79. The van der Waals surface area contributed by atoms with E-state index in [1.807, 2.05) is 73.0 Å². The van der Waals surface area contributed by atoms with E-state index in [1.165, 1.54) is 11.8 Å². The minimum Gasteiger partial charge on any atom is -0.497 e. The first kappa shape index (κ1) is 23.0. The molecule has 0 unspecified atom stereocenters. The maximum atomic E-state index is 13.8. The predicted molar refractivity (Wildman–Crippen MR) is 131 cm³/mol. The van der Waals surface area contributed by atoms with Gasteiger partial charge in [-0.15, -0.1) is 11.8 Å². The Balaban J connectivity index is 2.31. The molecule has 0 N–H and O–H groups in total. The number of allylic oxidation sites excluding steroid dienone is 1. The van der Waals surface area contributed by atoms with Crippen LogP contribution in [0.1, 0.15) is 21.5 Å². The summed E-state index contributed by atoms with van der Waals surface area (Å²) < 4.78 is 17.0. The van der Waals surface area contributed by atoms with Crippen LogP contribution in [0.15, 0.2) is 71.2 Å². The molecule has 0 saturated heterocycles. The lowest BCUT2D eigenvalue weighted by Crippen LogP contribution is -2.06. The SMILES string of the molecule is COc1ccc(/C(SC)=C(\C(=O)c2ccccc2)c2cc(OC)c(OC)cc2Br)cc1. The van der Waals surface area contributed by atoms with Crippen molar-refractivity contribution in [1.82, 2.24) is 0 Å². The lowest BCUT2D eigenvalue weighted by atomic mass is 9.94. The molecule has 3 rings (SSSR count). The maximum Gasteiger partial charge on any atom is 0.194 e. The minimum atomic E-state index is -0.0753. The highest BCUT2D eigenvalue weighted by Gasteiger charge is 2.24. The minimum absolute atomic E-state index is 0.0753. The lowest BCUT2D eigenvalue weighted by Gasteiger charge is -2.18. The van der Waals surface area contributed by atoms with Crippen LogP contribution in [0.5, 0.6) is 17.2 Å². The monoisotopic (exact) mass is 498 g/mol. The average Bonchev–Trinajstić information content (AvgIpc) is 2.83. The van der Waals surface area contributed by atoms with Crippen molar-refractivity contribution in [3.05, 3.63) is 87.9 Å². The number of ether oxygens (including phenoxy) is 3. The average molecular weight is 499 g/mol. The number of hydrogen-bond donors (Lipinski definition) is 0. The first-order valence-corrected chi connectivity index (χ1v) is 11.5. The van der Waals surface area contributed by atoms with Crippen LogP contribution in [-0.2, 0) is 0 Å². The third kappa shape index (κ3) is 4.97. The molecule has 0 amide bonds. The van der Waals surface area contributed by atoms with Gasteiger partial charge in [-0.3, -0.25) is 4.79 Å². The van der Waals surface area contributed by atoms with Gasteiger partial charge < -0.3 is 14.2 Å². The van der Waals surface area contributed by atoms with E-state index in [9.17, 15) is 4.79 Å². The maximum absolute atomic E-state index is 13.8. The number of Topliss-reactive ketones (excluding diaryl/α,β-unsaturated/α-hetero) is 1. The molecule has 4 nitrogen and oxygen atoms in total. The first-order chi connectivity index (χ1) is 15.0. The summed E-state index contributed by atoms with van der Waals surface area (Å²) >= 11 is 5.15. The normalized spacial score (nSPS) is 11.5. The molecule has 3 aromatic carbocycles. The Labute approximate surface area is 195 Å². The first-order valence-electron chi connectivity index (χ1n) is 9.48. The van der Waals surface area contributed by atoms with Crippen molar-refractivity contribution in [3.63, 3.8) is 0 Å². The molecule has 31 heavy (non-hydrogen) atoms. The molecule has 0 fully saturated rings. The second-order valence-corrected chi connectivity index (χ2v) is 8.19. The van der Waals surface area contributed by atoms with E-state index < -0.39 is 0 Å². The molecule has 0 saturated carbocycles. The molecule has 160 valence electrons. The van der Waals surface area contributed by atoms with Crippen molar-refractivity contribution in [3.8, 4) is 17.2 Å². The van der Waals surface area contributed by atoms with E-state index in [0.717, 1.165) is 26.3 Å². The van der Waals surface area contributed by atoms with Gasteiger partial charge in [0, 0.05) is 26.1 Å². The fourth-order valence-electron chi connectivity index (χ4n) is 3.23. The van der Waals surface area contributed by atoms with Crippen LogP contribution in [0.25, 0.3) is 10.5 Å². The van der Waals surface area contributed by atoms with Crippen molar-refractivity contribution in [1.29, 1.82) is 0 Å². The Hall–Kier alpha value is -2.70. The molecule has 0 aliphatic heterocycles. The van der Waals surface area contributed by atoms with Gasteiger partial charge in [0.15, 0.2) is 17.3 Å².